The van der Waals surface area contributed by atoms with Crippen molar-refractivity contribution in [2.75, 3.05) is 0 Å². The van der Waals surface area contributed by atoms with Crippen molar-refractivity contribution >= 4 is 0 Å². The number of tetrazole rings is 1. The molecule has 0 radical (unpaired) electrons. The second kappa shape index (κ2) is 5.12. The number of aromatic nitrogens is 6. The van der Waals surface area contributed by atoms with Gasteiger partial charge in [-0.05, 0) is 68.6 Å². The normalized spacial score (nSPS) is 37.2. The lowest BCUT2D eigenvalue weighted by Gasteiger charge is -2.61. The van der Waals surface area contributed by atoms with Crippen molar-refractivity contribution in [2.24, 2.45) is 11.8 Å². The van der Waals surface area contributed by atoms with Gasteiger partial charge in [0.05, 0.1) is 11.2 Å². The second-order valence-corrected chi connectivity index (χ2v) is 8.21. The summed E-state index contributed by atoms with van der Waals surface area (Å²) in [4.78, 5) is 1.92. The fourth-order valence-corrected chi connectivity index (χ4v) is 5.99. The molecule has 2 atom stereocenters. The molecule has 0 saturated heterocycles. The summed E-state index contributed by atoms with van der Waals surface area (Å²) in [6.45, 7) is 3.90. The summed E-state index contributed by atoms with van der Waals surface area (Å²) in [5.74, 6) is 1.58. The van der Waals surface area contributed by atoms with Crippen molar-refractivity contribution in [1.29, 1.82) is 0 Å². The first kappa shape index (κ1) is 14.6. The van der Waals surface area contributed by atoms with E-state index in [-0.39, 0.29) is 11.1 Å². The van der Waals surface area contributed by atoms with E-state index in [1.54, 1.807) is 6.33 Å². The van der Waals surface area contributed by atoms with E-state index in [0.717, 1.165) is 37.0 Å². The van der Waals surface area contributed by atoms with Gasteiger partial charge in [-0.1, -0.05) is 0 Å². The van der Waals surface area contributed by atoms with Gasteiger partial charge in [0, 0.05) is 24.8 Å². The predicted molar refractivity (Wildman–Crippen MR) is 87.9 cm³/mol. The minimum atomic E-state index is 0.0797. The summed E-state index contributed by atoms with van der Waals surface area (Å²) in [6.07, 6.45) is 11.2. The van der Waals surface area contributed by atoms with Crippen molar-refractivity contribution in [3.05, 3.63) is 24.3 Å². The van der Waals surface area contributed by atoms with Gasteiger partial charge in [0.1, 0.15) is 0 Å². The Morgan fingerprint density at radius 1 is 1.25 bits per heavy atom. The summed E-state index contributed by atoms with van der Waals surface area (Å²) in [6, 6.07) is 2.13. The standard InChI is InChI=1S/C17H25N7/c1-2-23-4-3-15(21-23)10-18-16-6-13-5-14(7-16)9-17(8-13,11-16)24-20-12-19-22-24/h3-4,12-14,18H,2,5-11H2,1H3. The Labute approximate surface area is 141 Å². The smallest absolute Gasteiger partial charge is 0.162 e. The number of hydrogen-bond donors (Lipinski definition) is 1. The van der Waals surface area contributed by atoms with Crippen LogP contribution < -0.4 is 5.32 Å². The molecule has 4 aliphatic carbocycles. The van der Waals surface area contributed by atoms with Gasteiger partial charge < -0.3 is 5.32 Å². The van der Waals surface area contributed by atoms with Gasteiger partial charge in [0.25, 0.3) is 0 Å². The van der Waals surface area contributed by atoms with E-state index in [2.05, 4.69) is 45.0 Å². The average molecular weight is 327 g/mol. The minimum absolute atomic E-state index is 0.0797. The molecule has 2 aromatic rings. The highest BCUT2D eigenvalue weighted by Crippen LogP contribution is 2.60. The van der Waals surface area contributed by atoms with Crippen LogP contribution in [0.3, 0.4) is 0 Å². The summed E-state index contributed by atoms with van der Waals surface area (Å²) >= 11 is 0. The molecule has 7 heteroatoms. The van der Waals surface area contributed by atoms with Crippen LogP contribution in [0.15, 0.2) is 18.6 Å². The van der Waals surface area contributed by atoms with E-state index >= 15 is 0 Å². The van der Waals surface area contributed by atoms with Crippen LogP contribution >= 0.6 is 0 Å². The molecule has 128 valence electrons. The summed E-state index contributed by atoms with van der Waals surface area (Å²) < 4.78 is 2.00. The quantitative estimate of drug-likeness (QED) is 0.905. The van der Waals surface area contributed by atoms with Crippen molar-refractivity contribution in [1.82, 2.24) is 35.3 Å². The van der Waals surface area contributed by atoms with Gasteiger partial charge in [0.2, 0.25) is 0 Å². The third-order valence-electron chi connectivity index (χ3n) is 6.47. The third-order valence-corrected chi connectivity index (χ3v) is 6.47. The Morgan fingerprint density at radius 2 is 2.08 bits per heavy atom. The minimum Gasteiger partial charge on any atom is -0.305 e. The lowest BCUT2D eigenvalue weighted by molar-refractivity contribution is -0.0854. The summed E-state index contributed by atoms with van der Waals surface area (Å²) in [5.41, 5.74) is 1.44. The lowest BCUT2D eigenvalue weighted by atomic mass is 9.50. The van der Waals surface area contributed by atoms with Crippen LogP contribution in [0.2, 0.25) is 0 Å². The van der Waals surface area contributed by atoms with Crippen molar-refractivity contribution in [3.8, 4) is 0 Å². The maximum Gasteiger partial charge on any atom is 0.162 e. The number of nitrogens with one attached hydrogen (secondary N) is 1. The van der Waals surface area contributed by atoms with E-state index in [1.807, 2.05) is 9.48 Å². The topological polar surface area (TPSA) is 73.5 Å². The Kier molecular flexibility index (Phi) is 3.11. The predicted octanol–water partition coefficient (Wildman–Crippen LogP) is 1.73. The maximum absolute atomic E-state index is 4.63. The Balaban J connectivity index is 1.39. The van der Waals surface area contributed by atoms with E-state index in [9.17, 15) is 0 Å². The fourth-order valence-electron chi connectivity index (χ4n) is 5.99. The van der Waals surface area contributed by atoms with Gasteiger partial charge in [-0.15, -0.1) is 10.2 Å². The van der Waals surface area contributed by atoms with E-state index in [1.165, 1.54) is 32.1 Å². The summed E-state index contributed by atoms with van der Waals surface area (Å²) in [7, 11) is 0. The Morgan fingerprint density at radius 3 is 2.75 bits per heavy atom. The van der Waals surface area contributed by atoms with Crippen LogP contribution in [0.25, 0.3) is 0 Å². The molecule has 0 aromatic carbocycles. The number of hydrogen-bond acceptors (Lipinski definition) is 5. The van der Waals surface area contributed by atoms with Gasteiger partial charge in [-0.25, -0.2) is 0 Å². The molecule has 0 spiro atoms. The van der Waals surface area contributed by atoms with Crippen LogP contribution in [-0.2, 0) is 18.6 Å². The highest BCUT2D eigenvalue weighted by molar-refractivity contribution is 5.14. The second-order valence-electron chi connectivity index (χ2n) is 8.21. The fraction of sp³-hybridized carbons (Fsp3) is 0.765. The average Bonchev–Trinajstić information content (AvgIpc) is 3.24. The zero-order chi connectivity index (χ0) is 16.2. The summed E-state index contributed by atoms with van der Waals surface area (Å²) in [5, 5.41) is 21.2. The van der Waals surface area contributed by atoms with Gasteiger partial charge in [-0.3, -0.25) is 4.68 Å². The van der Waals surface area contributed by atoms with E-state index in [4.69, 9.17) is 0 Å². The lowest BCUT2D eigenvalue weighted by Crippen LogP contribution is -2.65. The zero-order valence-electron chi connectivity index (χ0n) is 14.2. The Bertz CT molecular complexity index is 705. The zero-order valence-corrected chi connectivity index (χ0v) is 14.2. The molecule has 4 saturated carbocycles. The van der Waals surface area contributed by atoms with Crippen molar-refractivity contribution < 1.29 is 0 Å². The highest BCUT2D eigenvalue weighted by atomic mass is 15.6. The first-order valence-corrected chi connectivity index (χ1v) is 9.20. The molecule has 6 rings (SSSR count). The van der Waals surface area contributed by atoms with Gasteiger partial charge in [0.15, 0.2) is 6.33 Å². The third kappa shape index (κ3) is 2.21. The highest BCUT2D eigenvalue weighted by Gasteiger charge is 2.59. The molecule has 2 heterocycles. The molecular weight excluding hydrogens is 302 g/mol. The molecule has 1 N–H and O–H groups in total. The van der Waals surface area contributed by atoms with Crippen LogP contribution in [-0.4, -0.2) is 35.5 Å². The Hall–Kier alpha value is -1.76. The van der Waals surface area contributed by atoms with Crippen LogP contribution in [0.5, 0.6) is 0 Å². The van der Waals surface area contributed by atoms with E-state index < -0.39 is 0 Å². The number of rotatable bonds is 5. The van der Waals surface area contributed by atoms with Gasteiger partial charge >= 0.3 is 0 Å². The largest absolute Gasteiger partial charge is 0.305 e. The monoisotopic (exact) mass is 327 g/mol. The van der Waals surface area contributed by atoms with E-state index in [0.29, 0.717) is 0 Å². The first-order valence-electron chi connectivity index (χ1n) is 9.20. The van der Waals surface area contributed by atoms with Crippen LogP contribution in [0.1, 0.15) is 51.1 Å². The molecule has 0 aliphatic heterocycles. The maximum atomic E-state index is 4.63. The van der Waals surface area contributed by atoms with Crippen molar-refractivity contribution in [2.45, 2.75) is 69.6 Å². The number of aryl methyl sites for hydroxylation is 1. The number of nitrogens with zero attached hydrogens (tertiary/aromatic N) is 6. The SMILES string of the molecule is CCn1ccc(CNC23CC4CC(C2)CC(n2ncnn2)(C4)C3)n1. The van der Waals surface area contributed by atoms with Crippen molar-refractivity contribution in [3.63, 3.8) is 0 Å². The molecule has 4 aliphatic rings. The molecule has 4 bridgehead atoms. The molecule has 4 fully saturated rings. The molecule has 2 unspecified atom stereocenters. The molecule has 0 amide bonds. The molecule has 2 aromatic heterocycles. The van der Waals surface area contributed by atoms with Crippen LogP contribution in [0.4, 0.5) is 0 Å². The molecular formula is C17H25N7. The molecule has 7 nitrogen and oxygen atoms in total. The first-order chi connectivity index (χ1) is 11.7. The van der Waals surface area contributed by atoms with Gasteiger partial charge in [-0.2, -0.15) is 9.90 Å². The van der Waals surface area contributed by atoms with Crippen LogP contribution in [0, 0.1) is 11.8 Å². The molecule has 24 heavy (non-hydrogen) atoms.